The van der Waals surface area contributed by atoms with Crippen LogP contribution in [0.25, 0.3) is 0 Å². The van der Waals surface area contributed by atoms with Gasteiger partial charge in [0.1, 0.15) is 0 Å². The van der Waals surface area contributed by atoms with Crippen LogP contribution >= 0.6 is 0 Å². The lowest BCUT2D eigenvalue weighted by atomic mass is 9.68. The molecule has 1 aliphatic heterocycles. The molecule has 1 aromatic heterocycles. The van der Waals surface area contributed by atoms with Crippen molar-refractivity contribution < 1.29 is 22.4 Å². The highest BCUT2D eigenvalue weighted by Gasteiger charge is 2.48. The quantitative estimate of drug-likeness (QED) is 0.737. The molecule has 4 rings (SSSR count). The number of carbonyl (C=O) groups excluding carboxylic acids is 2. The Morgan fingerprint density at radius 1 is 1.09 bits per heavy atom. The zero-order chi connectivity index (χ0) is 23.0. The number of carbonyl (C=O) groups is 2. The second-order valence-corrected chi connectivity index (χ2v) is 11.7. The molecular formula is C23H35N3O5S. The lowest BCUT2D eigenvalue weighted by Crippen LogP contribution is -2.67. The number of piperazine rings is 1. The van der Waals surface area contributed by atoms with Crippen molar-refractivity contribution >= 4 is 21.8 Å². The largest absolute Gasteiger partial charge is 0.459 e. The predicted molar refractivity (Wildman–Crippen MR) is 120 cm³/mol. The first-order valence-electron chi connectivity index (χ1n) is 11.7. The second-order valence-electron chi connectivity index (χ2n) is 9.93. The van der Waals surface area contributed by atoms with E-state index in [-0.39, 0.29) is 36.0 Å². The van der Waals surface area contributed by atoms with Crippen molar-refractivity contribution in [3.8, 4) is 0 Å². The molecule has 3 aliphatic rings. The average Bonchev–Trinajstić information content (AvgIpc) is 3.26. The van der Waals surface area contributed by atoms with Crippen LogP contribution in [0.4, 0.5) is 0 Å². The highest BCUT2D eigenvalue weighted by molar-refractivity contribution is 7.88. The molecule has 6 atom stereocenters. The summed E-state index contributed by atoms with van der Waals surface area (Å²) < 4.78 is 31.7. The van der Waals surface area contributed by atoms with E-state index in [1.165, 1.54) is 12.5 Å². The molecule has 1 saturated heterocycles. The Morgan fingerprint density at radius 2 is 1.84 bits per heavy atom. The van der Waals surface area contributed by atoms with Crippen LogP contribution in [-0.2, 0) is 14.8 Å². The van der Waals surface area contributed by atoms with Gasteiger partial charge < -0.3 is 14.2 Å². The molecule has 2 aliphatic carbocycles. The zero-order valence-electron chi connectivity index (χ0n) is 19.2. The third-order valence-electron chi connectivity index (χ3n) is 7.63. The number of rotatable bonds is 4. The number of fused-ring (bicyclic) bond motifs is 1. The Kier molecular flexibility index (Phi) is 6.68. The maximum absolute atomic E-state index is 13.3. The Bertz CT molecular complexity index is 931. The Labute approximate surface area is 190 Å². The zero-order valence-corrected chi connectivity index (χ0v) is 20.0. The van der Waals surface area contributed by atoms with Crippen molar-refractivity contribution in [2.45, 2.75) is 83.0 Å². The van der Waals surface area contributed by atoms with Gasteiger partial charge >= 0.3 is 0 Å². The third-order valence-corrected chi connectivity index (χ3v) is 8.40. The molecule has 1 aromatic rings. The van der Waals surface area contributed by atoms with Gasteiger partial charge in [-0.15, -0.1) is 0 Å². The van der Waals surface area contributed by atoms with Gasteiger partial charge in [0.05, 0.1) is 24.6 Å². The van der Waals surface area contributed by atoms with Crippen LogP contribution in [0.5, 0.6) is 0 Å². The van der Waals surface area contributed by atoms with E-state index in [4.69, 9.17) is 4.42 Å². The average molecular weight is 466 g/mol. The molecule has 5 unspecified atom stereocenters. The topological polar surface area (TPSA) is 99.9 Å². The fourth-order valence-electron chi connectivity index (χ4n) is 6.47. The highest BCUT2D eigenvalue weighted by atomic mass is 32.2. The van der Waals surface area contributed by atoms with Crippen LogP contribution in [-0.4, -0.2) is 67.0 Å². The number of hydrogen-bond acceptors (Lipinski definition) is 5. The van der Waals surface area contributed by atoms with E-state index in [0.717, 1.165) is 44.9 Å². The highest BCUT2D eigenvalue weighted by Crippen LogP contribution is 2.43. The Hall–Kier alpha value is -1.87. The van der Waals surface area contributed by atoms with Crippen LogP contribution in [0.2, 0.25) is 0 Å². The summed E-state index contributed by atoms with van der Waals surface area (Å²) in [6, 6.07) is 3.34. The summed E-state index contributed by atoms with van der Waals surface area (Å²) in [6.07, 6.45) is 9.24. The van der Waals surface area contributed by atoms with Crippen LogP contribution in [0.1, 0.15) is 69.3 Å². The van der Waals surface area contributed by atoms with Crippen molar-refractivity contribution in [2.75, 3.05) is 12.8 Å². The molecule has 8 nitrogen and oxygen atoms in total. The second kappa shape index (κ2) is 9.17. The summed E-state index contributed by atoms with van der Waals surface area (Å²) in [6.45, 7) is 4.12. The smallest absolute Gasteiger partial charge is 0.289 e. The lowest BCUT2D eigenvalue weighted by molar-refractivity contribution is -0.142. The predicted octanol–water partition coefficient (Wildman–Crippen LogP) is 2.62. The molecule has 32 heavy (non-hydrogen) atoms. The van der Waals surface area contributed by atoms with Gasteiger partial charge in [-0.25, -0.2) is 13.1 Å². The fraction of sp³-hybridized carbons (Fsp3) is 0.739. The normalized spacial score (nSPS) is 33.6. The van der Waals surface area contributed by atoms with Gasteiger partial charge in [-0.3, -0.25) is 9.59 Å². The van der Waals surface area contributed by atoms with E-state index >= 15 is 0 Å². The minimum absolute atomic E-state index is 0.0116. The monoisotopic (exact) mass is 465 g/mol. The van der Waals surface area contributed by atoms with E-state index in [0.29, 0.717) is 24.1 Å². The number of amides is 2. The summed E-state index contributed by atoms with van der Waals surface area (Å²) in [7, 11) is -3.22. The first-order chi connectivity index (χ1) is 15.1. The molecule has 0 bridgehead atoms. The van der Waals surface area contributed by atoms with Gasteiger partial charge in [0.25, 0.3) is 5.91 Å². The van der Waals surface area contributed by atoms with E-state index in [1.807, 2.05) is 16.7 Å². The molecule has 2 saturated carbocycles. The van der Waals surface area contributed by atoms with Gasteiger partial charge in [-0.2, -0.15) is 0 Å². The van der Waals surface area contributed by atoms with Crippen LogP contribution in [0, 0.1) is 11.8 Å². The van der Waals surface area contributed by atoms with E-state index in [1.54, 1.807) is 19.1 Å². The molecule has 9 heteroatoms. The van der Waals surface area contributed by atoms with Crippen LogP contribution in [0.3, 0.4) is 0 Å². The maximum atomic E-state index is 13.3. The van der Waals surface area contributed by atoms with Gasteiger partial charge in [0.15, 0.2) is 5.76 Å². The molecule has 1 N–H and O–H groups in total. The van der Waals surface area contributed by atoms with Gasteiger partial charge in [0.2, 0.25) is 15.9 Å². The number of nitrogens with zero attached hydrogens (tertiary/aromatic N) is 2. The summed E-state index contributed by atoms with van der Waals surface area (Å²) in [5, 5.41) is 0. The van der Waals surface area contributed by atoms with E-state index in [9.17, 15) is 18.0 Å². The minimum atomic E-state index is -3.22. The van der Waals surface area contributed by atoms with Gasteiger partial charge in [-0.1, -0.05) is 12.8 Å². The van der Waals surface area contributed by atoms with E-state index in [2.05, 4.69) is 4.72 Å². The van der Waals surface area contributed by atoms with Crippen molar-refractivity contribution in [2.24, 2.45) is 11.8 Å². The first kappa shape index (κ1) is 23.3. The van der Waals surface area contributed by atoms with Crippen molar-refractivity contribution in [3.63, 3.8) is 0 Å². The maximum Gasteiger partial charge on any atom is 0.289 e. The summed E-state index contributed by atoms with van der Waals surface area (Å²) in [5.74, 6) is 1.13. The van der Waals surface area contributed by atoms with Crippen LogP contribution < -0.4 is 4.72 Å². The first-order valence-corrected chi connectivity index (χ1v) is 13.6. The minimum Gasteiger partial charge on any atom is -0.459 e. The molecule has 0 radical (unpaired) electrons. The standard InChI is InChI=1S/C23H35N3O5S/c1-15-14-25(23(28)22-8-5-11-31-22)21-13-18(9-10-20(21)26(15)16(2)27)17-6-4-7-19(12-17)24-32(3,29)30/h5,8,11,15,17-21,24H,4,6-7,9-10,12-14H2,1-3H3/t15-,17?,18?,19?,20?,21?/m0/s1. The summed E-state index contributed by atoms with van der Waals surface area (Å²) in [5.41, 5.74) is 0. The van der Waals surface area contributed by atoms with Crippen molar-refractivity contribution in [1.29, 1.82) is 0 Å². The molecule has 2 amide bonds. The van der Waals surface area contributed by atoms with Crippen molar-refractivity contribution in [1.82, 2.24) is 14.5 Å². The molecule has 3 fully saturated rings. The van der Waals surface area contributed by atoms with Gasteiger partial charge in [0, 0.05) is 25.6 Å². The van der Waals surface area contributed by atoms with E-state index < -0.39 is 10.0 Å². The molecular weight excluding hydrogens is 430 g/mol. The molecule has 178 valence electrons. The SMILES string of the molecule is CC(=O)N1C2CCC(C3CCCC(NS(C)(=O)=O)C3)CC2N(C(=O)c2ccco2)C[C@@H]1C. The van der Waals surface area contributed by atoms with Crippen LogP contribution in [0.15, 0.2) is 22.8 Å². The number of sulfonamides is 1. The fourth-order valence-corrected chi connectivity index (χ4v) is 7.29. The summed E-state index contributed by atoms with van der Waals surface area (Å²) in [4.78, 5) is 29.6. The molecule has 0 spiro atoms. The Morgan fingerprint density at radius 3 is 2.50 bits per heavy atom. The third kappa shape index (κ3) is 4.88. The Balaban J connectivity index is 1.54. The summed E-state index contributed by atoms with van der Waals surface area (Å²) >= 11 is 0. The number of nitrogens with one attached hydrogen (secondary N) is 1. The molecule has 0 aromatic carbocycles. The lowest BCUT2D eigenvalue weighted by Gasteiger charge is -2.54. The molecule has 2 heterocycles. The number of furan rings is 1. The number of hydrogen-bond donors (Lipinski definition) is 1. The van der Waals surface area contributed by atoms with Crippen molar-refractivity contribution in [3.05, 3.63) is 24.2 Å². The van der Waals surface area contributed by atoms with Gasteiger partial charge in [-0.05, 0) is 63.0 Å².